The first kappa shape index (κ1) is 10.4. The van der Waals surface area contributed by atoms with Gasteiger partial charge in [0.25, 0.3) is 0 Å². The summed E-state index contributed by atoms with van der Waals surface area (Å²) < 4.78 is 1.55. The van der Waals surface area contributed by atoms with Gasteiger partial charge in [-0.1, -0.05) is 6.07 Å². The van der Waals surface area contributed by atoms with Gasteiger partial charge in [-0.15, -0.1) is 0 Å². The average molecular weight is 215 g/mol. The molecule has 0 fully saturated rings. The van der Waals surface area contributed by atoms with E-state index in [0.717, 1.165) is 11.3 Å². The molecule has 0 aliphatic rings. The van der Waals surface area contributed by atoms with E-state index in [0.29, 0.717) is 6.54 Å². The normalized spacial score (nSPS) is 10.1. The van der Waals surface area contributed by atoms with Crippen molar-refractivity contribution < 1.29 is 0 Å². The molecular formula is C12H13N3O. The summed E-state index contributed by atoms with van der Waals surface area (Å²) in [7, 11) is 1.73. The second-order valence-electron chi connectivity index (χ2n) is 3.58. The summed E-state index contributed by atoms with van der Waals surface area (Å²) in [6.45, 7) is 0.700. The number of hydrogen-bond donors (Lipinski definition) is 1. The number of nitrogens with one attached hydrogen (secondary N) is 1. The molecule has 0 bridgehead atoms. The lowest BCUT2D eigenvalue weighted by atomic mass is 10.3. The SMILES string of the molecule is Cn1cc(NCc2cccnc2)ccc1=O. The first-order chi connectivity index (χ1) is 7.75. The summed E-state index contributed by atoms with van der Waals surface area (Å²) in [6.07, 6.45) is 5.34. The fourth-order valence-corrected chi connectivity index (χ4v) is 1.41. The maximum absolute atomic E-state index is 11.2. The average Bonchev–Trinajstić information content (AvgIpc) is 2.32. The molecule has 0 radical (unpaired) electrons. The zero-order valence-corrected chi connectivity index (χ0v) is 9.05. The van der Waals surface area contributed by atoms with Crippen LogP contribution in [0.1, 0.15) is 5.56 Å². The van der Waals surface area contributed by atoms with Crippen LogP contribution in [0, 0.1) is 0 Å². The van der Waals surface area contributed by atoms with E-state index in [1.54, 1.807) is 36.1 Å². The standard InChI is InChI=1S/C12H13N3O/c1-15-9-11(4-5-12(15)16)14-8-10-3-2-6-13-7-10/h2-7,9,14H,8H2,1H3. The largest absolute Gasteiger partial charge is 0.380 e. The molecule has 0 unspecified atom stereocenters. The molecule has 2 rings (SSSR count). The van der Waals surface area contributed by atoms with Crippen LogP contribution in [0.25, 0.3) is 0 Å². The molecule has 0 amide bonds. The van der Waals surface area contributed by atoms with Crippen LogP contribution < -0.4 is 10.9 Å². The number of aromatic nitrogens is 2. The van der Waals surface area contributed by atoms with Crippen molar-refractivity contribution in [1.29, 1.82) is 0 Å². The third-order valence-electron chi connectivity index (χ3n) is 2.31. The number of anilines is 1. The van der Waals surface area contributed by atoms with Crippen molar-refractivity contribution in [3.8, 4) is 0 Å². The number of nitrogens with zero attached hydrogens (tertiary/aromatic N) is 2. The van der Waals surface area contributed by atoms with Gasteiger partial charge in [0.2, 0.25) is 5.56 Å². The number of hydrogen-bond acceptors (Lipinski definition) is 3. The third kappa shape index (κ3) is 2.48. The van der Waals surface area contributed by atoms with Crippen molar-refractivity contribution >= 4 is 5.69 Å². The van der Waals surface area contributed by atoms with Crippen LogP contribution in [0.2, 0.25) is 0 Å². The summed E-state index contributed by atoms with van der Waals surface area (Å²) in [5.74, 6) is 0. The highest BCUT2D eigenvalue weighted by molar-refractivity contribution is 5.40. The second kappa shape index (κ2) is 4.61. The minimum absolute atomic E-state index is 0.00747. The summed E-state index contributed by atoms with van der Waals surface area (Å²) in [5, 5.41) is 3.23. The minimum Gasteiger partial charge on any atom is -0.380 e. The highest BCUT2D eigenvalue weighted by Crippen LogP contribution is 2.05. The van der Waals surface area contributed by atoms with Crippen molar-refractivity contribution in [2.24, 2.45) is 7.05 Å². The molecule has 0 saturated heterocycles. The quantitative estimate of drug-likeness (QED) is 0.841. The zero-order valence-electron chi connectivity index (χ0n) is 9.05. The van der Waals surface area contributed by atoms with Crippen molar-refractivity contribution in [1.82, 2.24) is 9.55 Å². The van der Waals surface area contributed by atoms with Gasteiger partial charge >= 0.3 is 0 Å². The van der Waals surface area contributed by atoms with Gasteiger partial charge in [-0.05, 0) is 17.7 Å². The second-order valence-corrected chi connectivity index (χ2v) is 3.58. The number of aryl methyl sites for hydroxylation is 1. The molecule has 0 aliphatic heterocycles. The van der Waals surface area contributed by atoms with E-state index in [9.17, 15) is 4.79 Å². The fraction of sp³-hybridized carbons (Fsp3) is 0.167. The Hall–Kier alpha value is -2.10. The Balaban J connectivity index is 2.05. The van der Waals surface area contributed by atoms with E-state index in [1.807, 2.05) is 18.3 Å². The van der Waals surface area contributed by atoms with Crippen LogP contribution in [0.5, 0.6) is 0 Å². The monoisotopic (exact) mass is 215 g/mol. The molecule has 2 aromatic heterocycles. The van der Waals surface area contributed by atoms with Gasteiger partial charge < -0.3 is 9.88 Å². The lowest BCUT2D eigenvalue weighted by Crippen LogP contribution is -2.15. The molecule has 0 atom stereocenters. The Morgan fingerprint density at radius 3 is 2.94 bits per heavy atom. The molecule has 16 heavy (non-hydrogen) atoms. The molecule has 4 heteroatoms. The van der Waals surface area contributed by atoms with Crippen molar-refractivity contribution in [3.05, 3.63) is 58.8 Å². The summed E-state index contributed by atoms with van der Waals surface area (Å²) in [4.78, 5) is 15.2. The smallest absolute Gasteiger partial charge is 0.250 e. The lowest BCUT2D eigenvalue weighted by Gasteiger charge is -2.07. The van der Waals surface area contributed by atoms with Gasteiger partial charge in [0, 0.05) is 38.2 Å². The number of pyridine rings is 2. The Labute approximate surface area is 93.6 Å². The van der Waals surface area contributed by atoms with Gasteiger partial charge in [0.05, 0.1) is 5.69 Å². The highest BCUT2D eigenvalue weighted by atomic mass is 16.1. The third-order valence-corrected chi connectivity index (χ3v) is 2.31. The molecular weight excluding hydrogens is 202 g/mol. The molecule has 4 nitrogen and oxygen atoms in total. The van der Waals surface area contributed by atoms with E-state index in [2.05, 4.69) is 10.3 Å². The molecule has 82 valence electrons. The zero-order chi connectivity index (χ0) is 11.4. The molecule has 1 N–H and O–H groups in total. The Bertz CT molecular complexity index is 519. The molecule has 2 heterocycles. The van der Waals surface area contributed by atoms with Gasteiger partial charge in [0.1, 0.15) is 0 Å². The molecule has 0 spiro atoms. The predicted octanol–water partition coefficient (Wildman–Crippen LogP) is 1.39. The fourth-order valence-electron chi connectivity index (χ4n) is 1.41. The number of rotatable bonds is 3. The van der Waals surface area contributed by atoms with E-state index in [-0.39, 0.29) is 5.56 Å². The molecule has 0 saturated carbocycles. The predicted molar refractivity (Wildman–Crippen MR) is 63.2 cm³/mol. The first-order valence-electron chi connectivity index (χ1n) is 5.05. The Kier molecular flexibility index (Phi) is 3.00. The van der Waals surface area contributed by atoms with Crippen LogP contribution in [-0.4, -0.2) is 9.55 Å². The van der Waals surface area contributed by atoms with Crippen LogP contribution in [-0.2, 0) is 13.6 Å². The molecule has 0 aliphatic carbocycles. The minimum atomic E-state index is -0.00747. The maximum Gasteiger partial charge on any atom is 0.250 e. The van der Waals surface area contributed by atoms with Crippen LogP contribution in [0.4, 0.5) is 5.69 Å². The highest BCUT2D eigenvalue weighted by Gasteiger charge is 1.95. The van der Waals surface area contributed by atoms with E-state index in [4.69, 9.17) is 0 Å². The van der Waals surface area contributed by atoms with Crippen molar-refractivity contribution in [2.75, 3.05) is 5.32 Å². The maximum atomic E-state index is 11.2. The summed E-state index contributed by atoms with van der Waals surface area (Å²) in [5.41, 5.74) is 2.02. The van der Waals surface area contributed by atoms with Crippen LogP contribution in [0.15, 0.2) is 47.7 Å². The van der Waals surface area contributed by atoms with Crippen LogP contribution >= 0.6 is 0 Å². The molecule has 2 aromatic rings. The van der Waals surface area contributed by atoms with Gasteiger partial charge in [-0.2, -0.15) is 0 Å². The summed E-state index contributed by atoms with van der Waals surface area (Å²) >= 11 is 0. The van der Waals surface area contributed by atoms with Gasteiger partial charge in [-0.25, -0.2) is 0 Å². The molecule has 0 aromatic carbocycles. The van der Waals surface area contributed by atoms with E-state index >= 15 is 0 Å². The Morgan fingerprint density at radius 2 is 2.25 bits per heavy atom. The first-order valence-corrected chi connectivity index (χ1v) is 5.05. The van der Waals surface area contributed by atoms with Gasteiger partial charge in [-0.3, -0.25) is 9.78 Å². The van der Waals surface area contributed by atoms with Crippen molar-refractivity contribution in [2.45, 2.75) is 6.54 Å². The topological polar surface area (TPSA) is 46.9 Å². The Morgan fingerprint density at radius 1 is 1.38 bits per heavy atom. The van der Waals surface area contributed by atoms with E-state index < -0.39 is 0 Å². The summed E-state index contributed by atoms with van der Waals surface area (Å²) in [6, 6.07) is 7.23. The van der Waals surface area contributed by atoms with Crippen molar-refractivity contribution in [3.63, 3.8) is 0 Å². The lowest BCUT2D eigenvalue weighted by molar-refractivity contribution is 0.859. The van der Waals surface area contributed by atoms with Gasteiger partial charge in [0.15, 0.2) is 0 Å². The van der Waals surface area contributed by atoms with E-state index in [1.165, 1.54) is 0 Å². The van der Waals surface area contributed by atoms with Crippen LogP contribution in [0.3, 0.4) is 0 Å².